The first-order valence-electron chi connectivity index (χ1n) is 12.5. The molecule has 2 nitrogen and oxygen atoms in total. The summed E-state index contributed by atoms with van der Waals surface area (Å²) >= 11 is 0. The summed E-state index contributed by atoms with van der Waals surface area (Å²) < 4.78 is 9.28. The minimum Gasteiger partial charge on any atom is -0.456 e. The first kappa shape index (κ1) is 20.9. The Kier molecular flexibility index (Phi) is 4.71. The molecule has 0 spiro atoms. The third-order valence-electron chi connectivity index (χ3n) is 7.89. The van der Waals surface area contributed by atoms with Gasteiger partial charge in [0.25, 0.3) is 0 Å². The second-order valence-corrected chi connectivity index (χ2v) is 16.3. The lowest BCUT2D eigenvalue weighted by Crippen LogP contribution is -2.41. The molecule has 2 heterocycles. The number of rotatable bonds is 3. The molecular weight excluding hydrogens is 418 g/mol. The maximum Gasteiger partial charge on any atom is 0.228 e. The topological polar surface area (TPSA) is 13.1 Å². The van der Waals surface area contributed by atoms with Crippen molar-refractivity contribution in [2.24, 2.45) is 13.0 Å². The average Bonchev–Trinajstić information content (AvgIpc) is 3.28. The number of pyridine rings is 1. The number of fused-ring (bicyclic) bond motifs is 3. The number of ether oxygens (including phenoxy) is 1. The number of nitrogens with zero attached hydrogens (tertiary/aromatic N) is 1. The minimum absolute atomic E-state index is 0.827. The Morgan fingerprint density at radius 2 is 1.73 bits per heavy atom. The summed E-state index contributed by atoms with van der Waals surface area (Å²) in [6.45, 7) is 9.61. The molecule has 1 fully saturated rings. The van der Waals surface area contributed by atoms with E-state index in [0.29, 0.717) is 0 Å². The molecule has 0 amide bonds. The predicted octanol–water partition coefficient (Wildman–Crippen LogP) is 7.18. The summed E-state index contributed by atoms with van der Waals surface area (Å²) in [4.78, 5) is 0. The quantitative estimate of drug-likeness (QED) is 0.209. The Balaban J connectivity index is 1.68. The minimum atomic E-state index is -1.70. The Hall–Kier alpha value is -2.65. The van der Waals surface area contributed by atoms with Gasteiger partial charge in [-0.15, -0.1) is 0 Å². The second-order valence-electron chi connectivity index (χ2n) is 11.3. The van der Waals surface area contributed by atoms with E-state index in [2.05, 4.69) is 86.8 Å². The first-order chi connectivity index (χ1) is 15.8. The van der Waals surface area contributed by atoms with Crippen molar-refractivity contribution in [2.45, 2.75) is 58.7 Å². The Morgan fingerprint density at radius 1 is 1.00 bits per heavy atom. The molecule has 3 aromatic carbocycles. The lowest BCUT2D eigenvalue weighted by Gasteiger charge is -2.30. The van der Waals surface area contributed by atoms with Gasteiger partial charge in [-0.25, -0.2) is 4.57 Å². The van der Waals surface area contributed by atoms with E-state index >= 15 is 0 Å². The van der Waals surface area contributed by atoms with Crippen molar-refractivity contribution in [1.82, 2.24) is 0 Å². The molecule has 3 heteroatoms. The van der Waals surface area contributed by atoms with Crippen LogP contribution in [-0.4, -0.2) is 8.07 Å². The fraction of sp³-hybridized carbons (Fsp3) is 0.367. The fourth-order valence-electron chi connectivity index (χ4n) is 6.39. The monoisotopic (exact) mass is 452 g/mol. The molecule has 1 aliphatic heterocycles. The van der Waals surface area contributed by atoms with Crippen LogP contribution in [-0.2, 0) is 13.5 Å². The molecule has 0 radical (unpaired) electrons. The maximum atomic E-state index is 6.98. The third-order valence-corrected chi connectivity index (χ3v) is 9.88. The van der Waals surface area contributed by atoms with Crippen LogP contribution < -0.4 is 14.5 Å². The predicted molar refractivity (Wildman–Crippen MR) is 142 cm³/mol. The highest BCUT2D eigenvalue weighted by molar-refractivity contribution is 6.91. The average molecular weight is 453 g/mol. The summed E-state index contributed by atoms with van der Waals surface area (Å²) in [5.74, 6) is 2.99. The molecular formula is C30H34NOSi+. The van der Waals surface area contributed by atoms with Crippen LogP contribution >= 0.6 is 0 Å². The van der Waals surface area contributed by atoms with Crippen molar-refractivity contribution >= 4 is 34.8 Å². The molecule has 1 aliphatic carbocycles. The van der Waals surface area contributed by atoms with E-state index < -0.39 is 8.07 Å². The standard InChI is InChI=1S/C30H34NOSi/c1-19-23-12-8-9-13-24(23)30(33(3,4)5)29-26(19)28-27-22(14-15-31(28)2)17-21(18-25(27)32-29)16-20-10-6-7-11-20/h8-9,12-15,17-18,20H,6-7,10-11,16H2,1-5H3/q+1. The number of hydrogen-bond donors (Lipinski definition) is 0. The highest BCUT2D eigenvalue weighted by atomic mass is 28.3. The zero-order valence-corrected chi connectivity index (χ0v) is 21.6. The molecule has 0 atom stereocenters. The zero-order chi connectivity index (χ0) is 22.9. The Bertz CT molecular complexity index is 1420. The molecule has 0 unspecified atom stereocenters. The highest BCUT2D eigenvalue weighted by Crippen LogP contribution is 2.48. The summed E-state index contributed by atoms with van der Waals surface area (Å²) in [5.41, 5.74) is 5.35. The number of hydrogen-bond acceptors (Lipinski definition) is 1. The molecule has 2 aliphatic rings. The van der Waals surface area contributed by atoms with Crippen LogP contribution in [0.2, 0.25) is 19.6 Å². The van der Waals surface area contributed by atoms with Crippen LogP contribution in [0.4, 0.5) is 0 Å². The molecule has 33 heavy (non-hydrogen) atoms. The van der Waals surface area contributed by atoms with Gasteiger partial charge in [0.05, 0.1) is 19.0 Å². The highest BCUT2D eigenvalue weighted by Gasteiger charge is 2.36. The number of aryl methyl sites for hydroxylation is 2. The summed E-state index contributed by atoms with van der Waals surface area (Å²) in [6, 6.07) is 16.0. The zero-order valence-electron chi connectivity index (χ0n) is 20.6. The Labute approximate surface area is 198 Å². The van der Waals surface area contributed by atoms with Gasteiger partial charge in [-0.3, -0.25) is 0 Å². The second kappa shape index (κ2) is 7.43. The van der Waals surface area contributed by atoms with Gasteiger partial charge >= 0.3 is 0 Å². The Morgan fingerprint density at radius 3 is 2.45 bits per heavy atom. The SMILES string of the molecule is Cc1c2c(c([Si](C)(C)C)c3ccccc13)Oc1cc(CC3CCCC3)cc3cc[n+](C)c-2c13. The van der Waals surface area contributed by atoms with E-state index in [1.165, 1.54) is 81.2 Å². The van der Waals surface area contributed by atoms with E-state index in [9.17, 15) is 0 Å². The normalized spacial score (nSPS) is 15.8. The smallest absolute Gasteiger partial charge is 0.228 e. The van der Waals surface area contributed by atoms with E-state index in [-0.39, 0.29) is 0 Å². The van der Waals surface area contributed by atoms with Crippen molar-refractivity contribution in [2.75, 3.05) is 0 Å². The van der Waals surface area contributed by atoms with Crippen LogP contribution in [0.1, 0.15) is 36.8 Å². The fourth-order valence-corrected chi connectivity index (χ4v) is 8.28. The third kappa shape index (κ3) is 3.24. The molecule has 168 valence electrons. The maximum absolute atomic E-state index is 6.98. The molecule has 4 aromatic rings. The van der Waals surface area contributed by atoms with Gasteiger partial charge in [0.1, 0.15) is 18.5 Å². The van der Waals surface area contributed by atoms with E-state index in [1.54, 1.807) is 0 Å². The lowest BCUT2D eigenvalue weighted by atomic mass is 9.90. The van der Waals surface area contributed by atoms with Gasteiger partial charge in [-0.1, -0.05) is 75.7 Å². The van der Waals surface area contributed by atoms with Gasteiger partial charge in [-0.05, 0) is 57.8 Å². The molecule has 0 saturated heterocycles. The van der Waals surface area contributed by atoms with Crippen molar-refractivity contribution in [3.8, 4) is 22.8 Å². The molecule has 1 saturated carbocycles. The molecule has 0 N–H and O–H groups in total. The first-order valence-corrected chi connectivity index (χ1v) is 16.0. The lowest BCUT2D eigenvalue weighted by molar-refractivity contribution is -0.659. The van der Waals surface area contributed by atoms with Gasteiger partial charge in [0.15, 0.2) is 6.20 Å². The van der Waals surface area contributed by atoms with Crippen molar-refractivity contribution < 1.29 is 9.30 Å². The molecule has 6 rings (SSSR count). The van der Waals surface area contributed by atoms with Crippen LogP contribution in [0.5, 0.6) is 11.5 Å². The van der Waals surface area contributed by atoms with E-state index in [4.69, 9.17) is 4.74 Å². The summed E-state index contributed by atoms with van der Waals surface area (Å²) in [7, 11) is 0.484. The van der Waals surface area contributed by atoms with Crippen molar-refractivity contribution in [1.29, 1.82) is 0 Å². The van der Waals surface area contributed by atoms with Crippen LogP contribution in [0.15, 0.2) is 48.7 Å². The van der Waals surface area contributed by atoms with Gasteiger partial charge in [0.2, 0.25) is 5.69 Å². The van der Waals surface area contributed by atoms with Crippen molar-refractivity contribution in [3.63, 3.8) is 0 Å². The molecule has 0 bridgehead atoms. The van der Waals surface area contributed by atoms with Gasteiger partial charge in [0, 0.05) is 6.07 Å². The summed E-state index contributed by atoms with van der Waals surface area (Å²) in [6.07, 6.45) is 8.93. The summed E-state index contributed by atoms with van der Waals surface area (Å²) in [5, 5.41) is 6.75. The number of aromatic nitrogens is 1. The van der Waals surface area contributed by atoms with E-state index in [1.807, 2.05) is 0 Å². The molecule has 1 aromatic heterocycles. The van der Waals surface area contributed by atoms with Gasteiger partial charge in [-0.2, -0.15) is 0 Å². The number of benzene rings is 3. The van der Waals surface area contributed by atoms with Crippen LogP contribution in [0.3, 0.4) is 0 Å². The largest absolute Gasteiger partial charge is 0.456 e. The van der Waals surface area contributed by atoms with E-state index in [0.717, 1.165) is 17.4 Å². The van der Waals surface area contributed by atoms with Crippen LogP contribution in [0.25, 0.3) is 32.8 Å². The van der Waals surface area contributed by atoms with Gasteiger partial charge < -0.3 is 4.74 Å². The van der Waals surface area contributed by atoms with Crippen molar-refractivity contribution in [3.05, 3.63) is 59.8 Å². The van der Waals surface area contributed by atoms with Crippen LogP contribution in [0, 0.1) is 12.8 Å².